The predicted molar refractivity (Wildman–Crippen MR) is 100 cm³/mol. The third-order valence-electron chi connectivity index (χ3n) is 5.06. The molecular weight excluding hydrogens is 326 g/mol. The highest BCUT2D eigenvalue weighted by Crippen LogP contribution is 2.38. The van der Waals surface area contributed by atoms with E-state index in [0.29, 0.717) is 18.2 Å². The number of fused-ring (bicyclic) bond motifs is 1. The molecule has 6 heteroatoms. The molecule has 3 aromatic heterocycles. The molecule has 5 rings (SSSR count). The van der Waals surface area contributed by atoms with Crippen molar-refractivity contribution in [2.24, 2.45) is 0 Å². The normalized spacial score (nSPS) is 14.2. The second kappa shape index (κ2) is 5.69. The van der Waals surface area contributed by atoms with Gasteiger partial charge in [0.1, 0.15) is 0 Å². The quantitative estimate of drug-likeness (QED) is 0.617. The molecule has 0 saturated heterocycles. The predicted octanol–water partition coefficient (Wildman–Crippen LogP) is 3.28. The second-order valence-electron chi connectivity index (χ2n) is 6.95. The summed E-state index contributed by atoms with van der Waals surface area (Å²) in [6, 6.07) is 10.5. The van der Waals surface area contributed by atoms with Crippen molar-refractivity contribution < 1.29 is 0 Å². The molecule has 0 aliphatic heterocycles. The molecule has 1 N–H and O–H groups in total. The number of benzene rings is 1. The third kappa shape index (κ3) is 2.45. The van der Waals surface area contributed by atoms with Crippen LogP contribution < -0.4 is 5.56 Å². The Balaban J connectivity index is 1.55. The third-order valence-corrected chi connectivity index (χ3v) is 5.06. The molecule has 0 atom stereocenters. The number of aromatic amines is 1. The van der Waals surface area contributed by atoms with Gasteiger partial charge in [-0.25, -0.2) is 4.98 Å². The van der Waals surface area contributed by atoms with Gasteiger partial charge in [-0.15, -0.1) is 0 Å². The van der Waals surface area contributed by atoms with Gasteiger partial charge < -0.3 is 9.55 Å². The summed E-state index contributed by atoms with van der Waals surface area (Å²) in [6.45, 7) is 2.60. The Morgan fingerprint density at radius 1 is 1.15 bits per heavy atom. The first-order valence-corrected chi connectivity index (χ1v) is 8.86. The van der Waals surface area contributed by atoms with Crippen LogP contribution in [0.4, 0.5) is 0 Å². The average Bonchev–Trinajstić information content (AvgIpc) is 3.26. The number of aromatic nitrogens is 5. The van der Waals surface area contributed by atoms with E-state index in [0.717, 1.165) is 27.9 Å². The van der Waals surface area contributed by atoms with Crippen LogP contribution in [0, 0.1) is 6.92 Å². The lowest BCUT2D eigenvalue weighted by Gasteiger charge is -2.08. The first-order valence-electron chi connectivity index (χ1n) is 8.86. The van der Waals surface area contributed by atoms with Gasteiger partial charge in [0, 0.05) is 28.5 Å². The van der Waals surface area contributed by atoms with Crippen LogP contribution >= 0.6 is 0 Å². The molecule has 4 aromatic rings. The number of nitrogens with one attached hydrogen (secondary N) is 1. The summed E-state index contributed by atoms with van der Waals surface area (Å²) in [7, 11) is 0. The van der Waals surface area contributed by atoms with Crippen molar-refractivity contribution in [1.29, 1.82) is 0 Å². The molecular formula is C20H19N5O. The summed E-state index contributed by atoms with van der Waals surface area (Å²) in [4.78, 5) is 19.9. The number of hydrogen-bond acceptors (Lipinski definition) is 3. The number of rotatable bonds is 4. The average molecular weight is 345 g/mol. The van der Waals surface area contributed by atoms with Crippen molar-refractivity contribution in [1.82, 2.24) is 24.3 Å². The first kappa shape index (κ1) is 15.1. The van der Waals surface area contributed by atoms with Gasteiger partial charge in [0.15, 0.2) is 0 Å². The van der Waals surface area contributed by atoms with E-state index < -0.39 is 0 Å². The van der Waals surface area contributed by atoms with Crippen molar-refractivity contribution in [2.45, 2.75) is 32.4 Å². The van der Waals surface area contributed by atoms with Crippen LogP contribution in [-0.2, 0) is 6.54 Å². The Labute approximate surface area is 150 Å². The lowest BCUT2D eigenvalue weighted by Crippen LogP contribution is -2.13. The minimum Gasteiger partial charge on any atom is -0.329 e. The fourth-order valence-electron chi connectivity index (χ4n) is 3.47. The topological polar surface area (TPSA) is 68.5 Å². The zero-order valence-corrected chi connectivity index (χ0v) is 14.5. The number of aryl methyl sites for hydroxylation is 1. The first-order chi connectivity index (χ1) is 12.7. The molecule has 26 heavy (non-hydrogen) atoms. The molecule has 1 aromatic carbocycles. The van der Waals surface area contributed by atoms with E-state index >= 15 is 0 Å². The smallest absolute Gasteiger partial charge is 0.256 e. The molecule has 0 bridgehead atoms. The summed E-state index contributed by atoms with van der Waals surface area (Å²) in [6.07, 6.45) is 7.83. The minimum atomic E-state index is -0.0769. The zero-order chi connectivity index (χ0) is 17.7. The molecule has 130 valence electrons. The van der Waals surface area contributed by atoms with Gasteiger partial charge >= 0.3 is 0 Å². The maximum atomic E-state index is 12.7. The monoisotopic (exact) mass is 345 g/mol. The Kier molecular flexibility index (Phi) is 3.31. The standard InChI is InChI=1S/C20H19N5O/c1-13-9-21-12-24(13)11-14-5-8-17(20(26)23-14)16-3-2-4-19-18(16)10-22-25(19)15-6-7-15/h2-5,8-10,12,15H,6-7,11H2,1H3,(H,23,26). The maximum absolute atomic E-state index is 12.7. The Morgan fingerprint density at radius 3 is 2.77 bits per heavy atom. The number of H-pyrrole nitrogens is 1. The van der Waals surface area contributed by atoms with E-state index in [9.17, 15) is 4.79 Å². The highest BCUT2D eigenvalue weighted by molar-refractivity contribution is 5.94. The van der Waals surface area contributed by atoms with Crippen LogP contribution in [0.2, 0.25) is 0 Å². The van der Waals surface area contributed by atoms with Crippen LogP contribution in [0.15, 0.2) is 53.8 Å². The Hall–Kier alpha value is -3.15. The summed E-state index contributed by atoms with van der Waals surface area (Å²) < 4.78 is 4.09. The van der Waals surface area contributed by atoms with Crippen molar-refractivity contribution in [2.75, 3.05) is 0 Å². The molecule has 1 aliphatic carbocycles. The van der Waals surface area contributed by atoms with E-state index in [-0.39, 0.29) is 5.56 Å². The molecule has 0 spiro atoms. The molecule has 0 amide bonds. The Morgan fingerprint density at radius 2 is 2.04 bits per heavy atom. The minimum absolute atomic E-state index is 0.0769. The van der Waals surface area contributed by atoms with Crippen LogP contribution in [0.1, 0.15) is 30.3 Å². The highest BCUT2D eigenvalue weighted by atomic mass is 16.1. The maximum Gasteiger partial charge on any atom is 0.256 e. The second-order valence-corrected chi connectivity index (χ2v) is 6.95. The lowest BCUT2D eigenvalue weighted by molar-refractivity contribution is 0.665. The van der Waals surface area contributed by atoms with E-state index in [4.69, 9.17) is 0 Å². The molecule has 3 heterocycles. The van der Waals surface area contributed by atoms with Crippen LogP contribution in [0.5, 0.6) is 0 Å². The fourth-order valence-corrected chi connectivity index (χ4v) is 3.47. The van der Waals surface area contributed by atoms with E-state index in [1.807, 2.05) is 48.1 Å². The largest absolute Gasteiger partial charge is 0.329 e. The fraction of sp³-hybridized carbons (Fsp3) is 0.250. The van der Waals surface area contributed by atoms with Gasteiger partial charge in [-0.2, -0.15) is 5.10 Å². The molecule has 6 nitrogen and oxygen atoms in total. The highest BCUT2D eigenvalue weighted by Gasteiger charge is 2.26. The number of hydrogen-bond donors (Lipinski definition) is 1. The summed E-state index contributed by atoms with van der Waals surface area (Å²) in [5.74, 6) is 0. The number of imidazole rings is 1. The van der Waals surface area contributed by atoms with Gasteiger partial charge in [-0.1, -0.05) is 12.1 Å². The van der Waals surface area contributed by atoms with Gasteiger partial charge in [-0.3, -0.25) is 9.48 Å². The van der Waals surface area contributed by atoms with Crippen LogP contribution in [0.3, 0.4) is 0 Å². The molecule has 1 fully saturated rings. The molecule has 0 radical (unpaired) electrons. The van der Waals surface area contributed by atoms with Crippen LogP contribution in [-0.4, -0.2) is 24.3 Å². The number of pyridine rings is 1. The van der Waals surface area contributed by atoms with Gasteiger partial charge in [0.05, 0.1) is 30.6 Å². The van der Waals surface area contributed by atoms with Crippen molar-refractivity contribution in [3.05, 3.63) is 70.8 Å². The summed E-state index contributed by atoms with van der Waals surface area (Å²) >= 11 is 0. The number of nitrogens with zero attached hydrogens (tertiary/aromatic N) is 4. The summed E-state index contributed by atoms with van der Waals surface area (Å²) in [5, 5.41) is 5.58. The van der Waals surface area contributed by atoms with Crippen molar-refractivity contribution in [3.8, 4) is 11.1 Å². The van der Waals surface area contributed by atoms with Gasteiger partial charge in [0.2, 0.25) is 0 Å². The van der Waals surface area contributed by atoms with Crippen LogP contribution in [0.25, 0.3) is 22.0 Å². The van der Waals surface area contributed by atoms with E-state index in [2.05, 4.69) is 25.8 Å². The van der Waals surface area contributed by atoms with E-state index in [1.165, 1.54) is 12.8 Å². The molecule has 0 unspecified atom stereocenters. The van der Waals surface area contributed by atoms with Crippen molar-refractivity contribution in [3.63, 3.8) is 0 Å². The summed E-state index contributed by atoms with van der Waals surface area (Å²) in [5.41, 5.74) is 4.56. The molecule has 1 saturated carbocycles. The Bertz CT molecular complexity index is 1160. The van der Waals surface area contributed by atoms with Gasteiger partial charge in [0.25, 0.3) is 5.56 Å². The van der Waals surface area contributed by atoms with Crippen molar-refractivity contribution >= 4 is 10.9 Å². The zero-order valence-electron chi connectivity index (χ0n) is 14.5. The van der Waals surface area contributed by atoms with Gasteiger partial charge in [-0.05, 0) is 43.5 Å². The van der Waals surface area contributed by atoms with E-state index in [1.54, 1.807) is 6.33 Å². The lowest BCUT2D eigenvalue weighted by atomic mass is 10.0. The SMILES string of the molecule is Cc1cncn1Cc1ccc(-c2cccc3c2cnn3C2CC2)c(=O)[nH]1. The molecule has 1 aliphatic rings.